The maximum absolute atomic E-state index is 5.57. The molecule has 5 heteroatoms. The van der Waals surface area contributed by atoms with E-state index in [-0.39, 0.29) is 5.44 Å². The van der Waals surface area contributed by atoms with Gasteiger partial charge in [0.15, 0.2) is 0 Å². The van der Waals surface area contributed by atoms with Crippen LogP contribution in [0.2, 0.25) is 0 Å². The number of aromatic nitrogens is 3. The summed E-state index contributed by atoms with van der Waals surface area (Å²) in [5, 5.41) is 8.34. The van der Waals surface area contributed by atoms with E-state index in [1.807, 2.05) is 10.9 Å². The number of aryl methyl sites for hydroxylation is 1. The minimum absolute atomic E-state index is 0.0660. The predicted octanol–water partition coefficient (Wildman–Crippen LogP) is 2.40. The first-order valence-corrected chi connectivity index (χ1v) is 7.05. The highest BCUT2D eigenvalue weighted by molar-refractivity contribution is 7.99. The quantitative estimate of drug-likeness (QED) is 0.850. The summed E-state index contributed by atoms with van der Waals surface area (Å²) < 4.78 is 7.44. The number of nitrogens with zero attached hydrogens (tertiary/aromatic N) is 3. The second-order valence-corrected chi connectivity index (χ2v) is 5.57. The molecule has 94 valence electrons. The molecular formula is C13H15N3OS. The van der Waals surface area contributed by atoms with Gasteiger partial charge in [-0.1, -0.05) is 35.0 Å². The second-order valence-electron chi connectivity index (χ2n) is 4.40. The van der Waals surface area contributed by atoms with Crippen molar-refractivity contribution in [3.63, 3.8) is 0 Å². The molecule has 1 aromatic heterocycles. The highest BCUT2D eigenvalue weighted by Crippen LogP contribution is 2.33. The van der Waals surface area contributed by atoms with Gasteiger partial charge in [0.1, 0.15) is 11.1 Å². The fourth-order valence-electron chi connectivity index (χ4n) is 2.03. The van der Waals surface area contributed by atoms with Crippen molar-refractivity contribution in [1.82, 2.24) is 15.0 Å². The molecule has 0 amide bonds. The van der Waals surface area contributed by atoms with E-state index in [0.717, 1.165) is 24.6 Å². The summed E-state index contributed by atoms with van der Waals surface area (Å²) in [6.45, 7) is 3.66. The molecule has 0 unspecified atom stereocenters. The summed E-state index contributed by atoms with van der Waals surface area (Å²) in [6, 6.07) is 8.44. The zero-order valence-corrected chi connectivity index (χ0v) is 11.1. The largest absolute Gasteiger partial charge is 0.360 e. The summed E-state index contributed by atoms with van der Waals surface area (Å²) >= 11 is 1.78. The minimum atomic E-state index is 0.0660. The Hall–Kier alpha value is -1.33. The predicted molar refractivity (Wildman–Crippen MR) is 71.5 cm³/mol. The maximum Gasteiger partial charge on any atom is 0.148 e. The molecule has 1 atom stereocenters. The first-order chi connectivity index (χ1) is 8.81. The molecule has 4 nitrogen and oxygen atoms in total. The molecule has 3 rings (SSSR count). The zero-order chi connectivity index (χ0) is 12.4. The Balaban J connectivity index is 1.73. The SMILES string of the molecule is Cc1cccc(Cn2cc([C@@H]3OCCS3)nn2)c1. The van der Waals surface area contributed by atoms with Gasteiger partial charge in [-0.2, -0.15) is 0 Å². The van der Waals surface area contributed by atoms with Crippen LogP contribution in [0.15, 0.2) is 30.5 Å². The van der Waals surface area contributed by atoms with Gasteiger partial charge in [0.25, 0.3) is 0 Å². The van der Waals surface area contributed by atoms with Crippen LogP contribution in [0.25, 0.3) is 0 Å². The zero-order valence-electron chi connectivity index (χ0n) is 10.2. The van der Waals surface area contributed by atoms with Crippen LogP contribution in [-0.2, 0) is 11.3 Å². The third-order valence-corrected chi connectivity index (χ3v) is 3.93. The van der Waals surface area contributed by atoms with Crippen LogP contribution in [-0.4, -0.2) is 27.4 Å². The van der Waals surface area contributed by atoms with Gasteiger partial charge in [-0.15, -0.1) is 16.9 Å². The van der Waals surface area contributed by atoms with Crippen molar-refractivity contribution in [2.24, 2.45) is 0 Å². The first-order valence-electron chi connectivity index (χ1n) is 6.00. The Kier molecular flexibility index (Phi) is 3.34. The van der Waals surface area contributed by atoms with Crippen LogP contribution < -0.4 is 0 Å². The monoisotopic (exact) mass is 261 g/mol. The number of rotatable bonds is 3. The van der Waals surface area contributed by atoms with Crippen LogP contribution in [0, 0.1) is 6.92 Å². The van der Waals surface area contributed by atoms with E-state index in [0.29, 0.717) is 0 Å². The molecule has 1 aliphatic heterocycles. The lowest BCUT2D eigenvalue weighted by atomic mass is 10.1. The topological polar surface area (TPSA) is 39.9 Å². The minimum Gasteiger partial charge on any atom is -0.360 e. The summed E-state index contributed by atoms with van der Waals surface area (Å²) in [5.41, 5.74) is 3.50. The third-order valence-electron chi connectivity index (χ3n) is 2.85. The Bertz CT molecular complexity index is 535. The van der Waals surface area contributed by atoms with Crippen molar-refractivity contribution in [3.05, 3.63) is 47.3 Å². The van der Waals surface area contributed by atoms with Crippen molar-refractivity contribution in [3.8, 4) is 0 Å². The van der Waals surface area contributed by atoms with Crippen molar-refractivity contribution in [1.29, 1.82) is 0 Å². The summed E-state index contributed by atoms with van der Waals surface area (Å²) in [6.07, 6.45) is 1.98. The van der Waals surface area contributed by atoms with Crippen molar-refractivity contribution < 1.29 is 4.74 Å². The normalized spacial score (nSPS) is 19.3. The number of thioether (sulfide) groups is 1. The standard InChI is InChI=1S/C13H15N3OS/c1-10-3-2-4-11(7-10)8-16-9-12(14-15-16)13-17-5-6-18-13/h2-4,7,9,13H,5-6,8H2,1H3/t13-/m1/s1. The van der Waals surface area contributed by atoms with Gasteiger partial charge in [0.05, 0.1) is 19.3 Å². The molecule has 0 N–H and O–H groups in total. The lowest BCUT2D eigenvalue weighted by molar-refractivity contribution is 0.142. The van der Waals surface area contributed by atoms with Gasteiger partial charge in [0, 0.05) is 5.75 Å². The average molecular weight is 261 g/mol. The molecule has 0 radical (unpaired) electrons. The molecular weight excluding hydrogens is 246 g/mol. The van der Waals surface area contributed by atoms with Gasteiger partial charge in [-0.3, -0.25) is 0 Å². The Labute approximate surface area is 110 Å². The summed E-state index contributed by atoms with van der Waals surface area (Å²) in [4.78, 5) is 0. The first kappa shape index (κ1) is 11.7. The summed E-state index contributed by atoms with van der Waals surface area (Å²) in [7, 11) is 0. The van der Waals surface area contributed by atoms with Crippen LogP contribution >= 0.6 is 11.8 Å². The molecule has 0 aliphatic carbocycles. The van der Waals surface area contributed by atoms with Crippen LogP contribution in [0.3, 0.4) is 0 Å². The van der Waals surface area contributed by atoms with Crippen LogP contribution in [0.1, 0.15) is 22.3 Å². The van der Waals surface area contributed by atoms with E-state index in [9.17, 15) is 0 Å². The van der Waals surface area contributed by atoms with E-state index in [1.165, 1.54) is 11.1 Å². The number of hydrogen-bond acceptors (Lipinski definition) is 4. The maximum atomic E-state index is 5.57. The van der Waals surface area contributed by atoms with Gasteiger partial charge in [-0.25, -0.2) is 4.68 Å². The highest BCUT2D eigenvalue weighted by Gasteiger charge is 2.21. The molecule has 0 saturated carbocycles. The number of benzene rings is 1. The van der Waals surface area contributed by atoms with Gasteiger partial charge < -0.3 is 4.74 Å². The number of ether oxygens (including phenoxy) is 1. The van der Waals surface area contributed by atoms with Crippen LogP contribution in [0.4, 0.5) is 0 Å². The molecule has 2 heterocycles. The molecule has 1 aromatic carbocycles. The third kappa shape index (κ3) is 2.57. The molecule has 1 saturated heterocycles. The van der Waals surface area contributed by atoms with Crippen molar-refractivity contribution in [2.45, 2.75) is 18.9 Å². The fourth-order valence-corrected chi connectivity index (χ4v) is 2.90. The van der Waals surface area contributed by atoms with Gasteiger partial charge >= 0.3 is 0 Å². The van der Waals surface area contributed by atoms with Crippen molar-refractivity contribution in [2.75, 3.05) is 12.4 Å². The van der Waals surface area contributed by atoms with E-state index in [1.54, 1.807) is 11.8 Å². The fraction of sp³-hybridized carbons (Fsp3) is 0.385. The van der Waals surface area contributed by atoms with Gasteiger partial charge in [0.2, 0.25) is 0 Å². The summed E-state index contributed by atoms with van der Waals surface area (Å²) in [5.74, 6) is 1.04. The van der Waals surface area contributed by atoms with E-state index in [4.69, 9.17) is 4.74 Å². The Morgan fingerprint density at radius 2 is 2.44 bits per heavy atom. The molecule has 18 heavy (non-hydrogen) atoms. The second kappa shape index (κ2) is 5.12. The highest BCUT2D eigenvalue weighted by atomic mass is 32.2. The van der Waals surface area contributed by atoms with Gasteiger partial charge in [-0.05, 0) is 12.5 Å². The van der Waals surface area contributed by atoms with Crippen molar-refractivity contribution >= 4 is 11.8 Å². The molecule has 1 aliphatic rings. The van der Waals surface area contributed by atoms with E-state index >= 15 is 0 Å². The number of hydrogen-bond donors (Lipinski definition) is 0. The Morgan fingerprint density at radius 3 is 3.22 bits per heavy atom. The molecule has 1 fully saturated rings. The Morgan fingerprint density at radius 1 is 1.50 bits per heavy atom. The van der Waals surface area contributed by atoms with E-state index in [2.05, 4.69) is 41.5 Å². The lowest BCUT2D eigenvalue weighted by Crippen LogP contribution is -2.00. The smallest absolute Gasteiger partial charge is 0.148 e. The lowest BCUT2D eigenvalue weighted by Gasteiger charge is -2.03. The van der Waals surface area contributed by atoms with Crippen LogP contribution in [0.5, 0.6) is 0 Å². The average Bonchev–Trinajstić information content (AvgIpc) is 2.98. The molecule has 0 spiro atoms. The molecule has 0 bridgehead atoms. The van der Waals surface area contributed by atoms with E-state index < -0.39 is 0 Å². The molecule has 2 aromatic rings.